The molecule has 25 heavy (non-hydrogen) atoms. The minimum absolute atomic E-state index is 0.277. The standard InChI is InChI=1S/C19H20FN3O2/c1-13-18(12-23(2)11-14-6-4-5-9-21-14)22-19(25-13)16-8-7-15(24-3)10-17(16)20/h4-10H,11-12H2,1-3H3. The van der Waals surface area contributed by atoms with Crippen molar-refractivity contribution in [3.05, 3.63) is 65.6 Å². The second-order valence-corrected chi connectivity index (χ2v) is 5.86. The van der Waals surface area contributed by atoms with E-state index < -0.39 is 5.82 Å². The van der Waals surface area contributed by atoms with Crippen LogP contribution in [0.4, 0.5) is 4.39 Å². The van der Waals surface area contributed by atoms with Crippen LogP contribution in [0.2, 0.25) is 0 Å². The fraction of sp³-hybridized carbons (Fsp3) is 0.263. The lowest BCUT2D eigenvalue weighted by Crippen LogP contribution is -2.18. The van der Waals surface area contributed by atoms with E-state index in [0.29, 0.717) is 30.2 Å². The van der Waals surface area contributed by atoms with E-state index in [9.17, 15) is 4.39 Å². The van der Waals surface area contributed by atoms with Gasteiger partial charge in [0.15, 0.2) is 0 Å². The van der Waals surface area contributed by atoms with Crippen molar-refractivity contribution < 1.29 is 13.5 Å². The molecule has 0 N–H and O–H groups in total. The second-order valence-electron chi connectivity index (χ2n) is 5.86. The maximum atomic E-state index is 14.2. The highest BCUT2D eigenvalue weighted by Crippen LogP contribution is 2.27. The molecular weight excluding hydrogens is 321 g/mol. The summed E-state index contributed by atoms with van der Waals surface area (Å²) in [6, 6.07) is 10.4. The van der Waals surface area contributed by atoms with Crippen molar-refractivity contribution >= 4 is 0 Å². The number of benzene rings is 1. The molecule has 0 amide bonds. The number of methoxy groups -OCH3 is 1. The zero-order chi connectivity index (χ0) is 17.8. The van der Waals surface area contributed by atoms with Gasteiger partial charge in [-0.3, -0.25) is 9.88 Å². The number of aryl methyl sites for hydroxylation is 1. The van der Waals surface area contributed by atoms with E-state index in [1.54, 1.807) is 18.3 Å². The van der Waals surface area contributed by atoms with Crippen molar-refractivity contribution in [1.82, 2.24) is 14.9 Å². The largest absolute Gasteiger partial charge is 0.497 e. The Morgan fingerprint density at radius 1 is 1.20 bits per heavy atom. The van der Waals surface area contributed by atoms with Crippen molar-refractivity contribution in [3.8, 4) is 17.2 Å². The van der Waals surface area contributed by atoms with Crippen LogP contribution in [0, 0.1) is 12.7 Å². The molecule has 0 unspecified atom stereocenters. The highest BCUT2D eigenvalue weighted by Gasteiger charge is 2.16. The fourth-order valence-electron chi connectivity index (χ4n) is 2.57. The zero-order valence-electron chi connectivity index (χ0n) is 14.5. The van der Waals surface area contributed by atoms with Crippen molar-refractivity contribution in [3.63, 3.8) is 0 Å². The third kappa shape index (κ3) is 4.03. The van der Waals surface area contributed by atoms with Gasteiger partial charge >= 0.3 is 0 Å². The number of hydrogen-bond acceptors (Lipinski definition) is 5. The summed E-state index contributed by atoms with van der Waals surface area (Å²) in [4.78, 5) is 10.9. The molecule has 3 rings (SSSR count). The topological polar surface area (TPSA) is 51.4 Å². The van der Waals surface area contributed by atoms with Crippen LogP contribution in [0.15, 0.2) is 47.0 Å². The molecule has 0 saturated heterocycles. The first-order valence-corrected chi connectivity index (χ1v) is 7.95. The Morgan fingerprint density at radius 3 is 2.72 bits per heavy atom. The number of aromatic nitrogens is 2. The van der Waals surface area contributed by atoms with E-state index in [1.165, 1.54) is 13.2 Å². The van der Waals surface area contributed by atoms with Crippen LogP contribution in [-0.4, -0.2) is 29.0 Å². The molecule has 5 nitrogen and oxygen atoms in total. The summed E-state index contributed by atoms with van der Waals surface area (Å²) < 4.78 is 24.9. The molecule has 0 saturated carbocycles. The lowest BCUT2D eigenvalue weighted by molar-refractivity contribution is 0.309. The smallest absolute Gasteiger partial charge is 0.229 e. The third-order valence-corrected chi connectivity index (χ3v) is 3.88. The molecule has 0 radical (unpaired) electrons. The minimum atomic E-state index is -0.422. The van der Waals surface area contributed by atoms with E-state index in [4.69, 9.17) is 9.15 Å². The van der Waals surface area contributed by atoms with E-state index in [2.05, 4.69) is 14.9 Å². The van der Waals surface area contributed by atoms with E-state index in [-0.39, 0.29) is 5.89 Å². The Labute approximate surface area is 146 Å². The predicted molar refractivity (Wildman–Crippen MR) is 92.6 cm³/mol. The van der Waals surface area contributed by atoms with Crippen LogP contribution < -0.4 is 4.74 Å². The maximum Gasteiger partial charge on any atom is 0.229 e. The molecule has 0 fully saturated rings. The third-order valence-electron chi connectivity index (χ3n) is 3.88. The summed E-state index contributed by atoms with van der Waals surface area (Å²) in [6.45, 7) is 3.12. The number of ether oxygens (including phenoxy) is 1. The van der Waals surface area contributed by atoms with Gasteiger partial charge in [0.1, 0.15) is 17.3 Å². The van der Waals surface area contributed by atoms with Crippen molar-refractivity contribution in [1.29, 1.82) is 0 Å². The molecule has 0 aliphatic heterocycles. The number of halogens is 1. The van der Waals surface area contributed by atoms with Crippen molar-refractivity contribution in [2.24, 2.45) is 0 Å². The number of hydrogen-bond donors (Lipinski definition) is 0. The molecule has 6 heteroatoms. The van der Waals surface area contributed by atoms with E-state index in [0.717, 1.165) is 11.4 Å². The number of oxazole rings is 1. The van der Waals surface area contributed by atoms with Gasteiger partial charge in [-0.15, -0.1) is 0 Å². The summed E-state index contributed by atoms with van der Waals surface area (Å²) in [7, 11) is 3.48. The molecule has 0 spiro atoms. The van der Waals surface area contributed by atoms with Gasteiger partial charge in [-0.1, -0.05) is 6.07 Å². The Morgan fingerprint density at radius 2 is 2.04 bits per heavy atom. The Bertz CT molecular complexity index is 849. The molecule has 0 aliphatic rings. The van der Waals surface area contributed by atoms with Gasteiger partial charge in [-0.05, 0) is 38.2 Å². The first kappa shape index (κ1) is 17.1. The van der Waals surface area contributed by atoms with Crippen LogP contribution in [0.3, 0.4) is 0 Å². The summed E-state index contributed by atoms with van der Waals surface area (Å²) in [6.07, 6.45) is 1.77. The summed E-state index contributed by atoms with van der Waals surface area (Å²) in [5, 5.41) is 0. The maximum absolute atomic E-state index is 14.2. The molecule has 0 aliphatic carbocycles. The van der Waals surface area contributed by atoms with E-state index in [1.807, 2.05) is 32.2 Å². The summed E-state index contributed by atoms with van der Waals surface area (Å²) in [5.41, 5.74) is 2.08. The van der Waals surface area contributed by atoms with Crippen LogP contribution in [0.5, 0.6) is 5.75 Å². The Balaban J connectivity index is 1.76. The van der Waals surface area contributed by atoms with Gasteiger partial charge in [-0.25, -0.2) is 9.37 Å². The van der Waals surface area contributed by atoms with Gasteiger partial charge in [0.05, 0.1) is 24.1 Å². The lowest BCUT2D eigenvalue weighted by Gasteiger charge is -2.14. The molecule has 0 atom stereocenters. The number of rotatable bonds is 6. The summed E-state index contributed by atoms with van der Waals surface area (Å²) >= 11 is 0. The zero-order valence-corrected chi connectivity index (χ0v) is 14.5. The second kappa shape index (κ2) is 7.44. The average Bonchev–Trinajstić information content (AvgIpc) is 2.95. The quantitative estimate of drug-likeness (QED) is 0.682. The van der Waals surface area contributed by atoms with Crippen molar-refractivity contribution in [2.45, 2.75) is 20.0 Å². The van der Waals surface area contributed by atoms with Crippen molar-refractivity contribution in [2.75, 3.05) is 14.2 Å². The van der Waals surface area contributed by atoms with Gasteiger partial charge in [0.2, 0.25) is 5.89 Å². The SMILES string of the molecule is COc1ccc(-c2nc(CN(C)Cc3ccccn3)c(C)o2)c(F)c1. The van der Waals surface area contributed by atoms with Gasteiger partial charge in [0.25, 0.3) is 0 Å². The van der Waals surface area contributed by atoms with Crippen LogP contribution in [0.25, 0.3) is 11.5 Å². The highest BCUT2D eigenvalue weighted by atomic mass is 19.1. The normalized spacial score (nSPS) is 11.1. The number of pyridine rings is 1. The van der Waals surface area contributed by atoms with Gasteiger partial charge in [0, 0.05) is 25.4 Å². The molecule has 0 bridgehead atoms. The first-order chi connectivity index (χ1) is 12.1. The van der Waals surface area contributed by atoms with Crippen LogP contribution in [-0.2, 0) is 13.1 Å². The van der Waals surface area contributed by atoms with Gasteiger partial charge in [-0.2, -0.15) is 0 Å². The molecule has 130 valence electrons. The average molecular weight is 341 g/mol. The predicted octanol–water partition coefficient (Wildman–Crippen LogP) is 3.82. The first-order valence-electron chi connectivity index (χ1n) is 7.95. The monoisotopic (exact) mass is 341 g/mol. The van der Waals surface area contributed by atoms with Gasteiger partial charge < -0.3 is 9.15 Å². The minimum Gasteiger partial charge on any atom is -0.497 e. The lowest BCUT2D eigenvalue weighted by atomic mass is 10.2. The number of nitrogens with zero attached hydrogens (tertiary/aromatic N) is 3. The summed E-state index contributed by atoms with van der Waals surface area (Å²) in [5.74, 6) is 0.991. The Hall–Kier alpha value is -2.73. The van der Waals surface area contributed by atoms with E-state index >= 15 is 0 Å². The van der Waals surface area contributed by atoms with Crippen LogP contribution >= 0.6 is 0 Å². The van der Waals surface area contributed by atoms with Crippen LogP contribution in [0.1, 0.15) is 17.1 Å². The highest BCUT2D eigenvalue weighted by molar-refractivity contribution is 5.56. The fourth-order valence-corrected chi connectivity index (χ4v) is 2.57. The molecule has 3 aromatic rings. The molecule has 2 heterocycles. The molecular formula is C19H20FN3O2. The molecule has 2 aromatic heterocycles. The molecule has 1 aromatic carbocycles. The Kier molecular flexibility index (Phi) is 5.09.